The first-order valence-corrected chi connectivity index (χ1v) is 9.92. The number of carbonyl (C=O) groups is 2. The number of nitrogens with zero attached hydrogens (tertiary/aromatic N) is 1. The predicted molar refractivity (Wildman–Crippen MR) is 106 cm³/mol. The van der Waals surface area contributed by atoms with Gasteiger partial charge in [-0.1, -0.05) is 43.9 Å². The lowest BCUT2D eigenvalue weighted by atomic mass is 10.1. The monoisotopic (exact) mass is 383 g/mol. The number of amides is 2. The number of hydrogen-bond acceptors (Lipinski definition) is 3. The van der Waals surface area contributed by atoms with Crippen molar-refractivity contribution in [2.24, 2.45) is 0 Å². The molecule has 0 aliphatic heterocycles. The van der Waals surface area contributed by atoms with Gasteiger partial charge in [-0.15, -0.1) is 0 Å². The fourth-order valence-electron chi connectivity index (χ4n) is 3.43. The lowest BCUT2D eigenvalue weighted by Crippen LogP contribution is -2.35. The zero-order chi connectivity index (χ0) is 19.8. The zero-order valence-corrected chi connectivity index (χ0v) is 15.9. The van der Waals surface area contributed by atoms with Gasteiger partial charge in [0, 0.05) is 12.6 Å². The van der Waals surface area contributed by atoms with Crippen LogP contribution < -0.4 is 10.6 Å². The molecule has 3 rings (SSSR count). The number of nitrogens with one attached hydrogen (secondary N) is 2. The Hall–Kier alpha value is -2.76. The van der Waals surface area contributed by atoms with Crippen LogP contribution in [0.5, 0.6) is 0 Å². The molecule has 0 saturated heterocycles. The van der Waals surface area contributed by atoms with Gasteiger partial charge in [0.25, 0.3) is 11.8 Å². The number of rotatable bonds is 6. The van der Waals surface area contributed by atoms with E-state index in [1.807, 2.05) is 0 Å². The molecule has 148 valence electrons. The van der Waals surface area contributed by atoms with Gasteiger partial charge in [0.15, 0.2) is 0 Å². The van der Waals surface area contributed by atoms with Gasteiger partial charge >= 0.3 is 0 Å². The molecule has 1 aromatic carbocycles. The lowest BCUT2D eigenvalue weighted by Gasteiger charge is -2.16. The van der Waals surface area contributed by atoms with Crippen LogP contribution in [0, 0.1) is 5.82 Å². The van der Waals surface area contributed by atoms with E-state index >= 15 is 0 Å². The van der Waals surface area contributed by atoms with E-state index in [1.54, 1.807) is 30.3 Å². The Kier molecular flexibility index (Phi) is 7.12. The fourth-order valence-corrected chi connectivity index (χ4v) is 3.43. The van der Waals surface area contributed by atoms with Crippen LogP contribution in [-0.4, -0.2) is 29.4 Å². The van der Waals surface area contributed by atoms with Crippen LogP contribution in [-0.2, 0) is 6.42 Å². The Morgan fingerprint density at radius 3 is 2.25 bits per heavy atom. The highest BCUT2D eigenvalue weighted by Gasteiger charge is 2.17. The molecule has 0 atom stereocenters. The van der Waals surface area contributed by atoms with Crippen molar-refractivity contribution in [3.63, 3.8) is 0 Å². The average Bonchev–Trinajstić information content (AvgIpc) is 2.98. The smallest absolute Gasteiger partial charge is 0.270 e. The lowest BCUT2D eigenvalue weighted by molar-refractivity contribution is 0.0927. The predicted octanol–water partition coefficient (Wildman–Crippen LogP) is 3.65. The van der Waals surface area contributed by atoms with Gasteiger partial charge in [-0.05, 0) is 49.1 Å². The van der Waals surface area contributed by atoms with Gasteiger partial charge in [-0.2, -0.15) is 0 Å². The Bertz CT molecular complexity index is 800. The number of benzene rings is 1. The second-order valence-corrected chi connectivity index (χ2v) is 7.20. The molecule has 1 aromatic heterocycles. The van der Waals surface area contributed by atoms with Crippen LogP contribution in [0.3, 0.4) is 0 Å². The summed E-state index contributed by atoms with van der Waals surface area (Å²) < 4.78 is 12.9. The van der Waals surface area contributed by atoms with Crippen LogP contribution in [0.15, 0.2) is 42.5 Å². The molecular formula is C22H26FN3O2. The average molecular weight is 383 g/mol. The summed E-state index contributed by atoms with van der Waals surface area (Å²) in [6.07, 6.45) is 7.29. The quantitative estimate of drug-likeness (QED) is 0.748. The molecule has 0 bridgehead atoms. The minimum atomic E-state index is -0.328. The van der Waals surface area contributed by atoms with E-state index < -0.39 is 0 Å². The minimum absolute atomic E-state index is 0.185. The molecule has 1 saturated carbocycles. The molecule has 0 radical (unpaired) electrons. The molecule has 2 N–H and O–H groups in total. The molecule has 1 aliphatic carbocycles. The minimum Gasteiger partial charge on any atom is -0.350 e. The molecule has 2 aromatic rings. The molecule has 0 spiro atoms. The van der Waals surface area contributed by atoms with Gasteiger partial charge < -0.3 is 10.6 Å². The number of aromatic nitrogens is 1. The van der Waals surface area contributed by atoms with Crippen LogP contribution in [0.2, 0.25) is 0 Å². The Balaban J connectivity index is 1.53. The first-order valence-electron chi connectivity index (χ1n) is 9.92. The zero-order valence-electron chi connectivity index (χ0n) is 15.9. The number of halogens is 1. The fraction of sp³-hybridized carbons (Fsp3) is 0.409. The van der Waals surface area contributed by atoms with E-state index in [-0.39, 0.29) is 35.1 Å². The van der Waals surface area contributed by atoms with E-state index in [0.29, 0.717) is 13.0 Å². The summed E-state index contributed by atoms with van der Waals surface area (Å²) >= 11 is 0. The van der Waals surface area contributed by atoms with E-state index in [2.05, 4.69) is 15.6 Å². The normalized spacial score (nSPS) is 14.9. The number of pyridine rings is 1. The van der Waals surface area contributed by atoms with E-state index in [4.69, 9.17) is 0 Å². The maximum absolute atomic E-state index is 12.9. The van der Waals surface area contributed by atoms with Crippen molar-refractivity contribution in [1.29, 1.82) is 0 Å². The highest BCUT2D eigenvalue weighted by molar-refractivity contribution is 5.96. The van der Waals surface area contributed by atoms with Crippen LogP contribution in [0.25, 0.3) is 0 Å². The third-order valence-corrected chi connectivity index (χ3v) is 5.02. The van der Waals surface area contributed by atoms with Crippen LogP contribution in [0.1, 0.15) is 65.1 Å². The van der Waals surface area contributed by atoms with Crippen molar-refractivity contribution >= 4 is 11.8 Å². The van der Waals surface area contributed by atoms with Crippen molar-refractivity contribution in [2.75, 3.05) is 6.54 Å². The molecule has 2 amide bonds. The molecule has 1 heterocycles. The van der Waals surface area contributed by atoms with Crippen LogP contribution in [0.4, 0.5) is 4.39 Å². The molecule has 6 heteroatoms. The van der Waals surface area contributed by atoms with E-state index in [9.17, 15) is 14.0 Å². The Labute approximate surface area is 164 Å². The first kappa shape index (κ1) is 20.0. The van der Waals surface area contributed by atoms with Gasteiger partial charge in [-0.3, -0.25) is 9.59 Å². The van der Waals surface area contributed by atoms with Crippen molar-refractivity contribution in [2.45, 2.75) is 51.0 Å². The SMILES string of the molecule is O=C(NCCc1ccc(F)cc1)c1cccc(C(=O)NC2CCCCCC2)n1. The van der Waals surface area contributed by atoms with Crippen molar-refractivity contribution in [1.82, 2.24) is 15.6 Å². The van der Waals surface area contributed by atoms with E-state index in [1.165, 1.54) is 25.0 Å². The molecule has 0 unspecified atom stereocenters. The summed E-state index contributed by atoms with van der Waals surface area (Å²) in [5, 5.41) is 5.84. The summed E-state index contributed by atoms with van der Waals surface area (Å²) in [6.45, 7) is 0.407. The molecule has 1 aliphatic rings. The third kappa shape index (κ3) is 5.87. The van der Waals surface area contributed by atoms with Gasteiger partial charge in [-0.25, -0.2) is 9.37 Å². The maximum atomic E-state index is 12.9. The summed E-state index contributed by atoms with van der Waals surface area (Å²) in [5.41, 5.74) is 1.41. The second kappa shape index (κ2) is 9.97. The van der Waals surface area contributed by atoms with Gasteiger partial charge in [0.05, 0.1) is 0 Å². The molecular weight excluding hydrogens is 357 g/mol. The van der Waals surface area contributed by atoms with Gasteiger partial charge in [0.2, 0.25) is 0 Å². The number of carbonyl (C=O) groups excluding carboxylic acids is 2. The van der Waals surface area contributed by atoms with Crippen molar-refractivity contribution in [3.8, 4) is 0 Å². The molecule has 5 nitrogen and oxygen atoms in total. The topological polar surface area (TPSA) is 71.1 Å². The highest BCUT2D eigenvalue weighted by Crippen LogP contribution is 2.17. The molecule has 28 heavy (non-hydrogen) atoms. The summed E-state index contributed by atoms with van der Waals surface area (Å²) in [5.74, 6) is -0.838. The summed E-state index contributed by atoms with van der Waals surface area (Å²) in [4.78, 5) is 29.0. The highest BCUT2D eigenvalue weighted by atomic mass is 19.1. The Morgan fingerprint density at radius 1 is 0.929 bits per heavy atom. The van der Waals surface area contributed by atoms with Crippen molar-refractivity contribution < 1.29 is 14.0 Å². The summed E-state index contributed by atoms with van der Waals surface area (Å²) in [6, 6.07) is 11.3. The standard InChI is InChI=1S/C22H26FN3O2/c23-17-12-10-16(11-13-17)14-15-24-21(27)19-8-5-9-20(26-19)22(28)25-18-6-3-1-2-4-7-18/h5,8-13,18H,1-4,6-7,14-15H2,(H,24,27)(H,25,28). The van der Waals surface area contributed by atoms with Crippen molar-refractivity contribution in [3.05, 3.63) is 65.2 Å². The second-order valence-electron chi connectivity index (χ2n) is 7.20. The number of hydrogen-bond donors (Lipinski definition) is 2. The van der Waals surface area contributed by atoms with Crippen LogP contribution >= 0.6 is 0 Å². The largest absolute Gasteiger partial charge is 0.350 e. The molecule has 1 fully saturated rings. The van der Waals surface area contributed by atoms with Gasteiger partial charge in [0.1, 0.15) is 17.2 Å². The van der Waals surface area contributed by atoms with E-state index in [0.717, 1.165) is 31.2 Å². The first-order chi connectivity index (χ1) is 13.6. The Morgan fingerprint density at radius 2 is 1.57 bits per heavy atom. The maximum Gasteiger partial charge on any atom is 0.270 e. The summed E-state index contributed by atoms with van der Waals surface area (Å²) in [7, 11) is 0. The third-order valence-electron chi connectivity index (χ3n) is 5.02.